The molecule has 1 fully saturated rings. The van der Waals surface area contributed by atoms with Crippen molar-refractivity contribution in [2.75, 3.05) is 159 Å². The summed E-state index contributed by atoms with van der Waals surface area (Å²) in [5.74, 6) is 2.40. The van der Waals surface area contributed by atoms with Gasteiger partial charge in [-0.05, 0) is 19.3 Å². The normalized spacial score (nSPS) is 15.2. The van der Waals surface area contributed by atoms with E-state index in [0.29, 0.717) is 152 Å². The first-order chi connectivity index (χ1) is 21.4. The lowest BCUT2D eigenvalue weighted by Gasteiger charge is -2.22. The number of hydrogen-bond acceptors (Lipinski definition) is 13. The highest BCUT2D eigenvalue weighted by Gasteiger charge is 2.13. The average Bonchev–Trinajstić information content (AvgIpc) is 3.03. The van der Waals surface area contributed by atoms with Crippen LogP contribution < -0.4 is 0 Å². The van der Waals surface area contributed by atoms with Crippen LogP contribution in [0.1, 0.15) is 19.3 Å². The number of terminal acetylenes is 1. The van der Waals surface area contributed by atoms with Gasteiger partial charge in [0, 0.05) is 6.61 Å². The van der Waals surface area contributed by atoms with E-state index in [2.05, 4.69) is 5.92 Å². The van der Waals surface area contributed by atoms with Gasteiger partial charge in [-0.2, -0.15) is 0 Å². The van der Waals surface area contributed by atoms with Crippen molar-refractivity contribution in [1.82, 2.24) is 0 Å². The number of rotatable bonds is 35. The second-order valence-electron chi connectivity index (χ2n) is 9.05. The highest BCUT2D eigenvalue weighted by molar-refractivity contribution is 4.82. The predicted octanol–water partition coefficient (Wildman–Crippen LogP) is 1.35. The van der Waals surface area contributed by atoms with E-state index in [-0.39, 0.29) is 6.29 Å². The summed E-state index contributed by atoms with van der Waals surface area (Å²) in [7, 11) is 0. The van der Waals surface area contributed by atoms with Crippen LogP contribution in [0, 0.1) is 12.3 Å². The molecule has 1 aliphatic heterocycles. The summed E-state index contributed by atoms with van der Waals surface area (Å²) in [6.07, 6.45) is 8.27. The summed E-state index contributed by atoms with van der Waals surface area (Å²) in [6.45, 7) is 12.5. The van der Waals surface area contributed by atoms with Crippen LogP contribution in [0.4, 0.5) is 0 Å². The maximum absolute atomic E-state index is 5.60. The first-order valence-electron chi connectivity index (χ1n) is 15.5. The Morgan fingerprint density at radius 1 is 0.419 bits per heavy atom. The van der Waals surface area contributed by atoms with Crippen LogP contribution in [0.5, 0.6) is 0 Å². The molecule has 0 aliphatic carbocycles. The second-order valence-corrected chi connectivity index (χ2v) is 9.05. The molecule has 1 heterocycles. The molecule has 13 heteroatoms. The molecule has 13 nitrogen and oxygen atoms in total. The van der Waals surface area contributed by atoms with Gasteiger partial charge in [0.25, 0.3) is 0 Å². The Kier molecular flexibility index (Phi) is 33.1. The molecule has 0 saturated carbocycles. The fraction of sp³-hybridized carbons (Fsp3) is 0.933. The SMILES string of the molecule is C#CCOCCOCCOCCOCCOCCOCCOCCOCCOCCOCCOCCOC1CCCCO1. The van der Waals surface area contributed by atoms with Gasteiger partial charge < -0.3 is 61.6 Å². The van der Waals surface area contributed by atoms with Crippen LogP contribution >= 0.6 is 0 Å². The van der Waals surface area contributed by atoms with Crippen LogP contribution in [-0.2, 0) is 61.6 Å². The third-order valence-electron chi connectivity index (χ3n) is 5.57. The zero-order chi connectivity index (χ0) is 30.6. The quantitative estimate of drug-likeness (QED) is 0.0746. The zero-order valence-electron chi connectivity index (χ0n) is 26.1. The lowest BCUT2D eigenvalue weighted by Crippen LogP contribution is -2.24. The van der Waals surface area contributed by atoms with E-state index >= 15 is 0 Å². The first kappa shape index (κ1) is 40.1. The van der Waals surface area contributed by atoms with Gasteiger partial charge in [-0.15, -0.1) is 6.42 Å². The third-order valence-corrected chi connectivity index (χ3v) is 5.57. The molecule has 0 aromatic rings. The van der Waals surface area contributed by atoms with Gasteiger partial charge in [-0.3, -0.25) is 0 Å². The van der Waals surface area contributed by atoms with E-state index in [4.69, 9.17) is 68.0 Å². The number of hydrogen-bond donors (Lipinski definition) is 0. The highest BCUT2D eigenvalue weighted by Crippen LogP contribution is 2.13. The van der Waals surface area contributed by atoms with Gasteiger partial charge in [-0.1, -0.05) is 5.92 Å². The summed E-state index contributed by atoms with van der Waals surface area (Å²) in [4.78, 5) is 0. The van der Waals surface area contributed by atoms with Crippen molar-refractivity contribution in [2.24, 2.45) is 0 Å². The molecule has 1 rings (SSSR count). The van der Waals surface area contributed by atoms with Crippen LogP contribution in [-0.4, -0.2) is 165 Å². The van der Waals surface area contributed by atoms with Gasteiger partial charge in [0.05, 0.1) is 145 Å². The molecule has 0 amide bonds. The lowest BCUT2D eigenvalue weighted by molar-refractivity contribution is -0.169. The van der Waals surface area contributed by atoms with Crippen LogP contribution in [0.25, 0.3) is 0 Å². The maximum Gasteiger partial charge on any atom is 0.157 e. The Hall–Kier alpha value is -0.960. The van der Waals surface area contributed by atoms with Gasteiger partial charge in [0.1, 0.15) is 6.61 Å². The molecule has 0 aromatic carbocycles. The van der Waals surface area contributed by atoms with E-state index in [1.807, 2.05) is 0 Å². The minimum Gasteiger partial charge on any atom is -0.377 e. The predicted molar refractivity (Wildman–Crippen MR) is 157 cm³/mol. The van der Waals surface area contributed by atoms with Crippen molar-refractivity contribution in [3.63, 3.8) is 0 Å². The van der Waals surface area contributed by atoms with E-state index in [0.717, 1.165) is 19.4 Å². The minimum atomic E-state index is -0.0657. The molecular formula is C30H56O13. The van der Waals surface area contributed by atoms with Crippen LogP contribution in [0.3, 0.4) is 0 Å². The Bertz CT molecular complexity index is 573. The van der Waals surface area contributed by atoms with Gasteiger partial charge in [0.15, 0.2) is 6.29 Å². The monoisotopic (exact) mass is 624 g/mol. The summed E-state index contributed by atoms with van der Waals surface area (Å²) in [6, 6.07) is 0. The molecule has 0 bridgehead atoms. The van der Waals surface area contributed by atoms with Crippen LogP contribution in [0.2, 0.25) is 0 Å². The molecule has 1 unspecified atom stereocenters. The fourth-order valence-corrected chi connectivity index (χ4v) is 3.41. The molecule has 1 aliphatic rings. The Morgan fingerprint density at radius 3 is 1.00 bits per heavy atom. The van der Waals surface area contributed by atoms with Crippen molar-refractivity contribution >= 4 is 0 Å². The molecule has 0 N–H and O–H groups in total. The van der Waals surface area contributed by atoms with Crippen LogP contribution in [0.15, 0.2) is 0 Å². The Balaban J connectivity index is 1.60. The molecule has 254 valence electrons. The second kappa shape index (κ2) is 35.5. The minimum absolute atomic E-state index is 0.0657. The average molecular weight is 625 g/mol. The highest BCUT2D eigenvalue weighted by atomic mass is 16.7. The zero-order valence-corrected chi connectivity index (χ0v) is 26.1. The van der Waals surface area contributed by atoms with E-state index in [9.17, 15) is 0 Å². The van der Waals surface area contributed by atoms with Crippen molar-refractivity contribution in [2.45, 2.75) is 25.6 Å². The summed E-state index contributed by atoms with van der Waals surface area (Å²) < 4.78 is 70.7. The lowest BCUT2D eigenvalue weighted by atomic mass is 10.2. The van der Waals surface area contributed by atoms with Crippen molar-refractivity contribution < 1.29 is 61.6 Å². The third kappa shape index (κ3) is 32.3. The molecule has 43 heavy (non-hydrogen) atoms. The fourth-order valence-electron chi connectivity index (χ4n) is 3.41. The van der Waals surface area contributed by atoms with Crippen molar-refractivity contribution in [3.8, 4) is 12.3 Å². The molecule has 1 atom stereocenters. The summed E-state index contributed by atoms with van der Waals surface area (Å²) in [5.41, 5.74) is 0. The van der Waals surface area contributed by atoms with Gasteiger partial charge in [0.2, 0.25) is 0 Å². The Labute approximate surface area is 258 Å². The molecule has 0 spiro atoms. The van der Waals surface area contributed by atoms with Crippen molar-refractivity contribution in [3.05, 3.63) is 0 Å². The topological polar surface area (TPSA) is 120 Å². The van der Waals surface area contributed by atoms with Gasteiger partial charge >= 0.3 is 0 Å². The van der Waals surface area contributed by atoms with Crippen molar-refractivity contribution in [1.29, 1.82) is 0 Å². The van der Waals surface area contributed by atoms with Gasteiger partial charge in [-0.25, -0.2) is 0 Å². The largest absolute Gasteiger partial charge is 0.377 e. The molecule has 0 aromatic heterocycles. The molecule has 1 saturated heterocycles. The molecular weight excluding hydrogens is 568 g/mol. The Morgan fingerprint density at radius 2 is 0.721 bits per heavy atom. The molecule has 0 radical (unpaired) electrons. The smallest absolute Gasteiger partial charge is 0.157 e. The summed E-state index contributed by atoms with van der Waals surface area (Å²) in [5, 5.41) is 0. The first-order valence-corrected chi connectivity index (χ1v) is 15.5. The van der Waals surface area contributed by atoms with E-state index in [1.54, 1.807) is 0 Å². The van der Waals surface area contributed by atoms with E-state index < -0.39 is 0 Å². The van der Waals surface area contributed by atoms with E-state index in [1.165, 1.54) is 6.42 Å². The number of ether oxygens (including phenoxy) is 13. The maximum atomic E-state index is 5.60. The standard InChI is InChI=1S/C30H56O13/c1-2-6-31-8-9-32-10-11-33-12-13-34-14-15-35-16-17-36-18-19-37-20-21-38-22-23-39-24-25-40-26-27-41-28-29-43-30-5-3-4-7-42-30/h1,30H,3-29H2. The summed E-state index contributed by atoms with van der Waals surface area (Å²) >= 11 is 0.